The number of hydrogen-bond acceptors (Lipinski definition) is 6. The van der Waals surface area contributed by atoms with Crippen LogP contribution in [0.2, 0.25) is 0 Å². The molecule has 0 bridgehead atoms. The zero-order chi connectivity index (χ0) is 24.8. The maximum absolute atomic E-state index is 11.6. The van der Waals surface area contributed by atoms with E-state index in [2.05, 4.69) is 33.8 Å². The minimum atomic E-state index is -0.398. The average molecular weight is 483 g/mol. The van der Waals surface area contributed by atoms with Gasteiger partial charge in [0.05, 0.1) is 28.7 Å². The molecule has 3 aromatic rings. The maximum atomic E-state index is 11.6. The van der Waals surface area contributed by atoms with Gasteiger partial charge in [-0.2, -0.15) is 0 Å². The number of ether oxygens (including phenoxy) is 3. The Kier molecular flexibility index (Phi) is 8.34. The second kappa shape index (κ2) is 11.4. The molecule has 35 heavy (non-hydrogen) atoms. The predicted octanol–water partition coefficient (Wildman–Crippen LogP) is 7.53. The van der Waals surface area contributed by atoms with Crippen LogP contribution in [0.3, 0.4) is 0 Å². The van der Waals surface area contributed by atoms with Gasteiger partial charge in [0, 0.05) is 12.1 Å². The van der Waals surface area contributed by atoms with Crippen LogP contribution in [0, 0.1) is 0 Å². The Labute approximate surface area is 207 Å². The summed E-state index contributed by atoms with van der Waals surface area (Å²) in [7, 11) is 0. The van der Waals surface area contributed by atoms with Crippen LogP contribution in [0.15, 0.2) is 55.8 Å². The van der Waals surface area contributed by atoms with Gasteiger partial charge in [0.2, 0.25) is 0 Å². The summed E-state index contributed by atoms with van der Waals surface area (Å²) in [6.07, 6.45) is 12.8. The highest BCUT2D eigenvalue weighted by atomic mass is 16.7. The van der Waals surface area contributed by atoms with Crippen molar-refractivity contribution in [3.05, 3.63) is 52.6 Å². The summed E-state index contributed by atoms with van der Waals surface area (Å²) in [5, 5.41) is 1.61. The molecule has 2 atom stereocenters. The molecule has 6 heteroatoms. The first-order valence-electron chi connectivity index (χ1n) is 12.9. The van der Waals surface area contributed by atoms with Crippen LogP contribution in [-0.2, 0) is 9.47 Å². The minimum absolute atomic E-state index is 0.0823. The Hall–Kier alpha value is -2.57. The number of rotatable bonds is 12. The van der Waals surface area contributed by atoms with E-state index in [-0.39, 0.29) is 18.0 Å². The second-order valence-electron chi connectivity index (χ2n) is 10.1. The molecule has 1 aliphatic rings. The summed E-state index contributed by atoms with van der Waals surface area (Å²) in [5.74, 6) is 0.662. The van der Waals surface area contributed by atoms with E-state index in [1.54, 1.807) is 18.4 Å². The smallest absolute Gasteiger partial charge is 0.336 e. The van der Waals surface area contributed by atoms with Gasteiger partial charge >= 0.3 is 5.63 Å². The van der Waals surface area contributed by atoms with Crippen LogP contribution in [-0.4, -0.2) is 24.6 Å². The van der Waals surface area contributed by atoms with Gasteiger partial charge in [-0.15, -0.1) is 0 Å². The van der Waals surface area contributed by atoms with Gasteiger partial charge in [0.15, 0.2) is 6.29 Å². The SMILES string of the molecule is CCCCCCCC1OC(CCC(C)=CCOc2c3ccoc3cc3oc(=O)ccc23)C(C)(C)O1. The highest BCUT2D eigenvalue weighted by Crippen LogP contribution is 2.36. The molecule has 2 aromatic heterocycles. The Bertz CT molecular complexity index is 1200. The van der Waals surface area contributed by atoms with Crippen LogP contribution < -0.4 is 10.4 Å². The lowest BCUT2D eigenvalue weighted by Gasteiger charge is -2.23. The van der Waals surface area contributed by atoms with Crippen molar-refractivity contribution in [3.8, 4) is 5.75 Å². The predicted molar refractivity (Wildman–Crippen MR) is 138 cm³/mol. The molecule has 0 N–H and O–H groups in total. The van der Waals surface area contributed by atoms with E-state index < -0.39 is 5.63 Å². The van der Waals surface area contributed by atoms with E-state index in [0.29, 0.717) is 23.5 Å². The third kappa shape index (κ3) is 6.36. The number of unbranched alkanes of at least 4 members (excludes halogenated alkanes) is 4. The highest BCUT2D eigenvalue weighted by molar-refractivity contribution is 6.01. The summed E-state index contributed by atoms with van der Waals surface area (Å²) in [4.78, 5) is 11.6. The molecule has 0 amide bonds. The Morgan fingerprint density at radius 3 is 2.69 bits per heavy atom. The third-order valence-corrected chi connectivity index (χ3v) is 6.84. The van der Waals surface area contributed by atoms with Crippen molar-refractivity contribution in [1.29, 1.82) is 0 Å². The average Bonchev–Trinajstić information content (AvgIpc) is 3.39. The first-order chi connectivity index (χ1) is 16.9. The van der Waals surface area contributed by atoms with Gasteiger partial charge in [-0.25, -0.2) is 4.79 Å². The normalized spacial score (nSPS) is 20.2. The minimum Gasteiger partial charge on any atom is -0.488 e. The lowest BCUT2D eigenvalue weighted by atomic mass is 9.96. The van der Waals surface area contributed by atoms with Crippen molar-refractivity contribution >= 4 is 21.9 Å². The fourth-order valence-electron chi connectivity index (χ4n) is 4.74. The first kappa shape index (κ1) is 25.5. The van der Waals surface area contributed by atoms with Crippen LogP contribution in [0.25, 0.3) is 21.9 Å². The molecule has 1 saturated heterocycles. The zero-order valence-corrected chi connectivity index (χ0v) is 21.4. The third-order valence-electron chi connectivity index (χ3n) is 6.84. The van der Waals surface area contributed by atoms with Crippen molar-refractivity contribution in [3.63, 3.8) is 0 Å². The van der Waals surface area contributed by atoms with Gasteiger partial charge in [-0.05, 0) is 64.7 Å². The van der Waals surface area contributed by atoms with E-state index in [0.717, 1.165) is 36.5 Å². The first-order valence-corrected chi connectivity index (χ1v) is 12.9. The van der Waals surface area contributed by atoms with Crippen molar-refractivity contribution in [1.82, 2.24) is 0 Å². The Morgan fingerprint density at radius 1 is 1.06 bits per heavy atom. The molecular weight excluding hydrogens is 444 g/mol. The van der Waals surface area contributed by atoms with Gasteiger partial charge in [-0.3, -0.25) is 0 Å². The molecule has 4 rings (SSSR count). The van der Waals surface area contributed by atoms with Crippen molar-refractivity contribution < 1.29 is 23.0 Å². The van der Waals surface area contributed by atoms with Gasteiger partial charge < -0.3 is 23.0 Å². The fraction of sp³-hybridized carbons (Fsp3) is 0.552. The molecule has 1 aliphatic heterocycles. The molecular formula is C29H38O6. The molecule has 6 nitrogen and oxygen atoms in total. The number of hydrogen-bond donors (Lipinski definition) is 0. The summed E-state index contributed by atoms with van der Waals surface area (Å²) in [6, 6.07) is 6.74. The number of fused-ring (bicyclic) bond motifs is 2. The van der Waals surface area contributed by atoms with E-state index >= 15 is 0 Å². The number of allylic oxidation sites excluding steroid dienone is 1. The molecule has 0 radical (unpaired) electrons. The van der Waals surface area contributed by atoms with Crippen LogP contribution in [0.1, 0.15) is 79.1 Å². The Balaban J connectivity index is 1.31. The van der Waals surface area contributed by atoms with Crippen molar-refractivity contribution in [2.45, 2.75) is 97.1 Å². The molecule has 0 spiro atoms. The summed E-state index contributed by atoms with van der Waals surface area (Å²) < 4.78 is 29.5. The maximum Gasteiger partial charge on any atom is 0.336 e. The topological polar surface area (TPSA) is 71.0 Å². The molecule has 0 saturated carbocycles. The zero-order valence-electron chi connectivity index (χ0n) is 21.4. The summed E-state index contributed by atoms with van der Waals surface area (Å²) in [5.41, 5.74) is 1.65. The van der Waals surface area contributed by atoms with E-state index in [4.69, 9.17) is 23.0 Å². The molecule has 190 valence electrons. The molecule has 2 unspecified atom stereocenters. The lowest BCUT2D eigenvalue weighted by molar-refractivity contribution is -0.0858. The van der Waals surface area contributed by atoms with Gasteiger partial charge in [0.1, 0.15) is 23.5 Å². The van der Waals surface area contributed by atoms with Crippen molar-refractivity contribution in [2.24, 2.45) is 0 Å². The van der Waals surface area contributed by atoms with Gasteiger partial charge in [0.25, 0.3) is 0 Å². The fourth-order valence-corrected chi connectivity index (χ4v) is 4.74. The largest absolute Gasteiger partial charge is 0.488 e. The van der Waals surface area contributed by atoms with E-state index in [9.17, 15) is 4.79 Å². The molecule has 1 aromatic carbocycles. The lowest BCUT2D eigenvalue weighted by Crippen LogP contribution is -2.32. The summed E-state index contributed by atoms with van der Waals surface area (Å²) >= 11 is 0. The highest BCUT2D eigenvalue weighted by Gasteiger charge is 2.41. The number of furan rings is 1. The van der Waals surface area contributed by atoms with E-state index in [1.807, 2.05) is 6.07 Å². The molecule has 0 aliphatic carbocycles. The second-order valence-corrected chi connectivity index (χ2v) is 10.1. The monoisotopic (exact) mass is 482 g/mol. The van der Waals surface area contributed by atoms with E-state index in [1.165, 1.54) is 37.3 Å². The quantitative estimate of drug-likeness (QED) is 0.151. The van der Waals surface area contributed by atoms with Crippen LogP contribution in [0.4, 0.5) is 0 Å². The van der Waals surface area contributed by atoms with Gasteiger partial charge in [-0.1, -0.05) is 38.2 Å². The molecule has 3 heterocycles. The standard InChI is InChI=1S/C29H38O6/c1-5-6-7-8-9-10-27-34-25(29(3,4)35-27)13-11-20(2)15-17-32-28-21-12-14-26(30)33-24(21)19-23-22(28)16-18-31-23/h12,14-16,18-19,25,27H,5-11,13,17H2,1-4H3. The van der Waals surface area contributed by atoms with Crippen molar-refractivity contribution in [2.75, 3.05) is 6.61 Å². The van der Waals surface area contributed by atoms with Crippen LogP contribution >= 0.6 is 0 Å². The Morgan fingerprint density at radius 2 is 1.86 bits per heavy atom. The molecule has 1 fully saturated rings. The summed E-state index contributed by atoms with van der Waals surface area (Å²) in [6.45, 7) is 9.03. The number of benzene rings is 1. The van der Waals surface area contributed by atoms with Crippen LogP contribution in [0.5, 0.6) is 5.75 Å².